The first-order valence-corrected chi connectivity index (χ1v) is 14.0. The zero-order valence-corrected chi connectivity index (χ0v) is 24.1. The van der Waals surface area contributed by atoms with Crippen LogP contribution < -0.4 is 10.1 Å². The van der Waals surface area contributed by atoms with Crippen LogP contribution in [0.15, 0.2) is 72.1 Å². The predicted octanol–water partition coefficient (Wildman–Crippen LogP) is 6.46. The lowest BCUT2D eigenvalue weighted by Crippen LogP contribution is -2.21. The van der Waals surface area contributed by atoms with Crippen molar-refractivity contribution in [3.05, 3.63) is 99.5 Å². The zero-order chi connectivity index (χ0) is 29.1. The summed E-state index contributed by atoms with van der Waals surface area (Å²) in [7, 11) is 1.54. The fourth-order valence-electron chi connectivity index (χ4n) is 4.48. The maximum Gasteiger partial charge on any atom is 0.310 e. The molecule has 1 amide bonds. The molecule has 208 valence electrons. The van der Waals surface area contributed by atoms with Crippen molar-refractivity contribution in [1.29, 1.82) is 0 Å². The minimum atomic E-state index is -0.608. The third-order valence-electron chi connectivity index (χ3n) is 6.62. The first kappa shape index (κ1) is 28.1. The largest absolute Gasteiger partial charge is 0.497 e. The third kappa shape index (κ3) is 6.16. The standard InChI is InChI=1S/C31H26ClN3O5S/c1-18-4-6-20(7-5-18)26-17-41-31(33-26)34-28(36)16-40-29(37)15-24-19(2)35(27-13-12-23(39-3)14-25(24)27)30(38)21-8-10-22(32)11-9-21/h4-14,17H,15-16H2,1-3H3,(H,33,34,36). The van der Waals surface area contributed by atoms with Gasteiger partial charge in [0, 0.05) is 32.6 Å². The molecule has 0 spiro atoms. The topological polar surface area (TPSA) is 99.5 Å². The number of thiazole rings is 1. The van der Waals surface area contributed by atoms with Gasteiger partial charge in [0.1, 0.15) is 5.75 Å². The average molecular weight is 588 g/mol. The van der Waals surface area contributed by atoms with Gasteiger partial charge in [0.25, 0.3) is 11.8 Å². The molecule has 3 aromatic carbocycles. The fourth-order valence-corrected chi connectivity index (χ4v) is 5.34. The van der Waals surface area contributed by atoms with Crippen molar-refractivity contribution < 1.29 is 23.9 Å². The van der Waals surface area contributed by atoms with Crippen LogP contribution in [-0.2, 0) is 20.7 Å². The molecule has 0 saturated carbocycles. The molecule has 2 aromatic heterocycles. The molecule has 41 heavy (non-hydrogen) atoms. The van der Waals surface area contributed by atoms with E-state index in [0.29, 0.717) is 43.6 Å². The third-order valence-corrected chi connectivity index (χ3v) is 7.63. The fraction of sp³-hybridized carbons (Fsp3) is 0.161. The number of methoxy groups -OCH3 is 1. The van der Waals surface area contributed by atoms with Gasteiger partial charge in [-0.25, -0.2) is 4.98 Å². The van der Waals surface area contributed by atoms with E-state index < -0.39 is 18.5 Å². The van der Waals surface area contributed by atoms with Crippen molar-refractivity contribution in [2.24, 2.45) is 0 Å². The quantitative estimate of drug-likeness (QED) is 0.209. The Kier molecular flexibility index (Phi) is 8.19. The van der Waals surface area contributed by atoms with Crippen molar-refractivity contribution in [2.75, 3.05) is 19.0 Å². The van der Waals surface area contributed by atoms with Crippen LogP contribution >= 0.6 is 22.9 Å². The summed E-state index contributed by atoms with van der Waals surface area (Å²) in [6.45, 7) is 3.31. The van der Waals surface area contributed by atoms with E-state index in [4.69, 9.17) is 21.1 Å². The maximum atomic E-state index is 13.5. The Balaban J connectivity index is 1.29. The van der Waals surface area contributed by atoms with Crippen LogP contribution in [0.3, 0.4) is 0 Å². The number of esters is 1. The summed E-state index contributed by atoms with van der Waals surface area (Å²) in [6, 6.07) is 19.8. The number of aromatic nitrogens is 2. The Hall–Kier alpha value is -4.47. The van der Waals surface area contributed by atoms with E-state index >= 15 is 0 Å². The molecule has 0 bridgehead atoms. The minimum absolute atomic E-state index is 0.140. The summed E-state index contributed by atoms with van der Waals surface area (Å²) in [4.78, 5) is 43.3. The molecule has 0 unspecified atom stereocenters. The number of nitrogens with one attached hydrogen (secondary N) is 1. The summed E-state index contributed by atoms with van der Waals surface area (Å²) < 4.78 is 12.2. The van der Waals surface area contributed by atoms with E-state index in [1.54, 1.807) is 61.1 Å². The van der Waals surface area contributed by atoms with Crippen LogP contribution in [0.4, 0.5) is 5.13 Å². The number of hydrogen-bond acceptors (Lipinski definition) is 7. The molecule has 10 heteroatoms. The second kappa shape index (κ2) is 12.0. The number of aryl methyl sites for hydroxylation is 1. The number of carbonyl (C=O) groups is 3. The van der Waals surface area contributed by atoms with Crippen LogP contribution in [0.1, 0.15) is 27.2 Å². The molecule has 5 aromatic rings. The number of carbonyl (C=O) groups excluding carboxylic acids is 3. The van der Waals surface area contributed by atoms with Crippen molar-refractivity contribution in [1.82, 2.24) is 9.55 Å². The number of fused-ring (bicyclic) bond motifs is 1. The SMILES string of the molecule is COc1ccc2c(c1)c(CC(=O)OCC(=O)Nc1nc(-c3ccc(C)cc3)cs1)c(C)n2C(=O)c1ccc(Cl)cc1. The molecule has 0 atom stereocenters. The van der Waals surface area contributed by atoms with Gasteiger partial charge in [-0.05, 0) is 61.9 Å². The van der Waals surface area contributed by atoms with Crippen molar-refractivity contribution >= 4 is 56.8 Å². The van der Waals surface area contributed by atoms with Crippen LogP contribution in [0, 0.1) is 13.8 Å². The Morgan fingerprint density at radius 3 is 2.44 bits per heavy atom. The number of ether oxygens (including phenoxy) is 2. The van der Waals surface area contributed by atoms with Gasteiger partial charge in [-0.1, -0.05) is 41.4 Å². The van der Waals surface area contributed by atoms with Gasteiger partial charge in [0.15, 0.2) is 11.7 Å². The van der Waals surface area contributed by atoms with E-state index in [0.717, 1.165) is 16.8 Å². The number of amides is 1. The monoisotopic (exact) mass is 587 g/mol. The number of benzene rings is 3. The number of rotatable bonds is 8. The Bertz CT molecular complexity index is 1760. The molecule has 0 aliphatic heterocycles. The van der Waals surface area contributed by atoms with Crippen molar-refractivity contribution in [3.63, 3.8) is 0 Å². The van der Waals surface area contributed by atoms with Crippen LogP contribution in [0.2, 0.25) is 5.02 Å². The smallest absolute Gasteiger partial charge is 0.310 e. The van der Waals surface area contributed by atoms with E-state index in [1.807, 2.05) is 36.6 Å². The minimum Gasteiger partial charge on any atom is -0.497 e. The van der Waals surface area contributed by atoms with Gasteiger partial charge in [-0.2, -0.15) is 0 Å². The number of hydrogen-bond donors (Lipinski definition) is 1. The summed E-state index contributed by atoms with van der Waals surface area (Å²) in [6.07, 6.45) is -0.140. The lowest BCUT2D eigenvalue weighted by molar-refractivity contribution is -0.146. The van der Waals surface area contributed by atoms with Gasteiger partial charge < -0.3 is 9.47 Å². The van der Waals surface area contributed by atoms with Crippen molar-refractivity contribution in [3.8, 4) is 17.0 Å². The highest BCUT2D eigenvalue weighted by atomic mass is 35.5. The van der Waals surface area contributed by atoms with Gasteiger partial charge >= 0.3 is 5.97 Å². The summed E-state index contributed by atoms with van der Waals surface area (Å²) >= 11 is 7.28. The molecule has 0 fully saturated rings. The summed E-state index contributed by atoms with van der Waals surface area (Å²) in [5, 5.41) is 6.14. The Labute approximate surface area is 245 Å². The molecule has 2 heterocycles. The highest BCUT2D eigenvalue weighted by molar-refractivity contribution is 7.14. The maximum absolute atomic E-state index is 13.5. The van der Waals surface area contributed by atoms with E-state index in [2.05, 4.69) is 10.3 Å². The number of nitrogens with zero attached hydrogens (tertiary/aromatic N) is 2. The predicted molar refractivity (Wildman–Crippen MR) is 160 cm³/mol. The van der Waals surface area contributed by atoms with Crippen molar-refractivity contribution in [2.45, 2.75) is 20.3 Å². The molecule has 0 aliphatic rings. The highest BCUT2D eigenvalue weighted by Crippen LogP contribution is 2.31. The van der Waals surface area contributed by atoms with Crippen LogP contribution in [0.25, 0.3) is 22.2 Å². The number of anilines is 1. The van der Waals surface area contributed by atoms with E-state index in [1.165, 1.54) is 11.3 Å². The molecule has 0 saturated heterocycles. The lowest BCUT2D eigenvalue weighted by Gasteiger charge is -2.08. The first-order chi connectivity index (χ1) is 19.7. The highest BCUT2D eigenvalue weighted by Gasteiger charge is 2.23. The van der Waals surface area contributed by atoms with Crippen LogP contribution in [0.5, 0.6) is 5.75 Å². The van der Waals surface area contributed by atoms with E-state index in [9.17, 15) is 14.4 Å². The molecule has 1 N–H and O–H groups in total. The molecular formula is C31H26ClN3O5S. The van der Waals surface area contributed by atoms with Gasteiger partial charge in [0.2, 0.25) is 0 Å². The zero-order valence-electron chi connectivity index (χ0n) is 22.6. The van der Waals surface area contributed by atoms with Gasteiger partial charge in [-0.15, -0.1) is 11.3 Å². The van der Waals surface area contributed by atoms with E-state index in [-0.39, 0.29) is 12.3 Å². The number of halogens is 1. The van der Waals surface area contributed by atoms with Crippen LogP contribution in [-0.4, -0.2) is 41.1 Å². The lowest BCUT2D eigenvalue weighted by atomic mass is 10.1. The molecule has 5 rings (SSSR count). The summed E-state index contributed by atoms with van der Waals surface area (Å²) in [5.74, 6) is -0.789. The Morgan fingerprint density at radius 2 is 1.73 bits per heavy atom. The molecule has 0 aliphatic carbocycles. The average Bonchev–Trinajstić information content (AvgIpc) is 3.54. The Morgan fingerprint density at radius 1 is 1.00 bits per heavy atom. The first-order valence-electron chi connectivity index (χ1n) is 12.7. The molecule has 8 nitrogen and oxygen atoms in total. The molecular weight excluding hydrogens is 562 g/mol. The second-order valence-electron chi connectivity index (χ2n) is 9.38. The van der Waals surface area contributed by atoms with Gasteiger partial charge in [-0.3, -0.25) is 24.3 Å². The van der Waals surface area contributed by atoms with Gasteiger partial charge in [0.05, 0.1) is 24.7 Å². The summed E-state index contributed by atoms with van der Waals surface area (Å²) in [5.41, 5.74) is 5.10. The normalized spacial score (nSPS) is 10.9. The second-order valence-corrected chi connectivity index (χ2v) is 10.7. The molecule has 0 radical (unpaired) electrons.